The molecule has 0 aliphatic rings. The molecule has 0 aliphatic carbocycles. The summed E-state index contributed by atoms with van der Waals surface area (Å²) in [6.07, 6.45) is -1.68. The van der Waals surface area contributed by atoms with E-state index in [9.17, 15) is 18.0 Å². The van der Waals surface area contributed by atoms with Crippen LogP contribution in [0.15, 0.2) is 78.0 Å². The average molecular weight is 601 g/mol. The van der Waals surface area contributed by atoms with Crippen molar-refractivity contribution in [3.8, 4) is 28.6 Å². The van der Waals surface area contributed by atoms with Gasteiger partial charge in [0.15, 0.2) is 5.82 Å². The first-order valence-electron chi connectivity index (χ1n) is 13.1. The summed E-state index contributed by atoms with van der Waals surface area (Å²) in [5.74, 6) is 1.01. The summed E-state index contributed by atoms with van der Waals surface area (Å²) in [5.41, 5.74) is 3.58. The number of aryl methyl sites for hydroxylation is 2. The SMILES string of the molecule is COc1ccc(SNCCNC(=O)NCCCc2ccc(-c3ncn(-c4ccc(OC(F)(F)F)cc4)n3)cc2)c(C)c1. The van der Waals surface area contributed by atoms with Crippen molar-refractivity contribution in [1.29, 1.82) is 0 Å². The molecule has 0 spiro atoms. The fourth-order valence-electron chi connectivity index (χ4n) is 3.92. The number of ether oxygens (including phenoxy) is 2. The number of carbonyl (C=O) groups is 1. The van der Waals surface area contributed by atoms with Crippen LogP contribution >= 0.6 is 11.9 Å². The van der Waals surface area contributed by atoms with E-state index in [-0.39, 0.29) is 11.8 Å². The molecule has 9 nitrogen and oxygen atoms in total. The van der Waals surface area contributed by atoms with E-state index < -0.39 is 6.36 Å². The zero-order valence-electron chi connectivity index (χ0n) is 23.1. The van der Waals surface area contributed by atoms with E-state index in [2.05, 4.69) is 30.2 Å². The molecule has 2 amide bonds. The minimum Gasteiger partial charge on any atom is -0.497 e. The molecule has 1 aromatic heterocycles. The number of amides is 2. The molecule has 0 saturated carbocycles. The summed E-state index contributed by atoms with van der Waals surface area (Å²) in [6.45, 7) is 3.68. The fraction of sp³-hybridized carbons (Fsp3) is 0.276. The Morgan fingerprint density at radius 3 is 2.36 bits per heavy atom. The molecule has 3 N–H and O–H groups in total. The number of aromatic nitrogens is 3. The largest absolute Gasteiger partial charge is 0.573 e. The first-order valence-corrected chi connectivity index (χ1v) is 13.9. The van der Waals surface area contributed by atoms with Gasteiger partial charge in [0.25, 0.3) is 0 Å². The van der Waals surface area contributed by atoms with Crippen LogP contribution in [0.5, 0.6) is 11.5 Å². The summed E-state index contributed by atoms with van der Waals surface area (Å²) in [5, 5.41) is 10.1. The summed E-state index contributed by atoms with van der Waals surface area (Å²) >= 11 is 1.52. The number of rotatable bonds is 13. The van der Waals surface area contributed by atoms with Crippen LogP contribution in [-0.2, 0) is 6.42 Å². The van der Waals surface area contributed by atoms with Crippen molar-refractivity contribution < 1.29 is 27.4 Å². The van der Waals surface area contributed by atoms with Gasteiger partial charge in [0.05, 0.1) is 12.8 Å². The Balaban J connectivity index is 1.13. The molecule has 1 heterocycles. The molecule has 0 bridgehead atoms. The lowest BCUT2D eigenvalue weighted by Gasteiger charge is -2.10. The van der Waals surface area contributed by atoms with Gasteiger partial charge in [-0.05, 0) is 85.3 Å². The summed E-state index contributed by atoms with van der Waals surface area (Å²) in [7, 11) is 1.64. The lowest BCUT2D eigenvalue weighted by Crippen LogP contribution is -2.38. The van der Waals surface area contributed by atoms with Crippen molar-refractivity contribution in [2.45, 2.75) is 31.0 Å². The zero-order valence-corrected chi connectivity index (χ0v) is 23.9. The highest BCUT2D eigenvalue weighted by Gasteiger charge is 2.31. The maximum atomic E-state index is 12.4. The molecular formula is C29H31F3N6O3S. The van der Waals surface area contributed by atoms with Crippen LogP contribution in [0.4, 0.5) is 18.0 Å². The van der Waals surface area contributed by atoms with Crippen molar-refractivity contribution in [3.05, 3.63) is 84.2 Å². The molecule has 0 saturated heterocycles. The molecule has 0 aliphatic heterocycles. The van der Waals surface area contributed by atoms with Crippen LogP contribution in [0.2, 0.25) is 0 Å². The van der Waals surface area contributed by atoms with Gasteiger partial charge < -0.3 is 20.1 Å². The van der Waals surface area contributed by atoms with Gasteiger partial charge in [0.1, 0.15) is 17.8 Å². The maximum Gasteiger partial charge on any atom is 0.573 e. The Kier molecular flexibility index (Phi) is 10.7. The van der Waals surface area contributed by atoms with Crippen molar-refractivity contribution >= 4 is 18.0 Å². The standard InChI is InChI=1S/C29H31F3N6O3S/c1-20-18-25(40-2)13-14-26(20)42-36-17-16-34-28(39)33-15-3-4-21-5-7-22(8-6-21)27-35-19-38(37-27)23-9-11-24(12-10-23)41-29(30,31)32/h5-14,18-19,36H,3-4,15-17H2,1-2H3,(H2,33,34,39). The van der Waals surface area contributed by atoms with Crippen LogP contribution in [-0.4, -0.2) is 53.9 Å². The predicted molar refractivity (Wildman–Crippen MR) is 155 cm³/mol. The van der Waals surface area contributed by atoms with Crippen LogP contribution in [0.25, 0.3) is 17.1 Å². The number of benzene rings is 3. The van der Waals surface area contributed by atoms with Crippen LogP contribution in [0.1, 0.15) is 17.5 Å². The second-order valence-corrected chi connectivity index (χ2v) is 10.1. The van der Waals surface area contributed by atoms with E-state index in [1.807, 2.05) is 49.4 Å². The lowest BCUT2D eigenvalue weighted by atomic mass is 10.1. The number of alkyl halides is 3. The van der Waals surface area contributed by atoms with Crippen LogP contribution in [0.3, 0.4) is 0 Å². The monoisotopic (exact) mass is 600 g/mol. The highest BCUT2D eigenvalue weighted by molar-refractivity contribution is 7.97. The van der Waals surface area contributed by atoms with Gasteiger partial charge in [-0.15, -0.1) is 18.3 Å². The second-order valence-electron chi connectivity index (χ2n) is 9.17. The third kappa shape index (κ3) is 9.42. The van der Waals surface area contributed by atoms with E-state index >= 15 is 0 Å². The molecule has 0 radical (unpaired) electrons. The Morgan fingerprint density at radius 1 is 0.952 bits per heavy atom. The molecule has 4 rings (SSSR count). The van der Waals surface area contributed by atoms with Crippen LogP contribution in [0, 0.1) is 6.92 Å². The van der Waals surface area contributed by atoms with Gasteiger partial charge in [0, 0.05) is 30.1 Å². The van der Waals surface area contributed by atoms with Gasteiger partial charge in [-0.3, -0.25) is 4.72 Å². The molecule has 42 heavy (non-hydrogen) atoms. The topological polar surface area (TPSA) is 102 Å². The fourth-order valence-corrected chi connectivity index (χ4v) is 4.63. The molecule has 3 aromatic carbocycles. The number of nitrogens with one attached hydrogen (secondary N) is 3. The third-order valence-corrected chi connectivity index (χ3v) is 7.07. The number of hydrogen-bond donors (Lipinski definition) is 3. The Morgan fingerprint density at radius 2 is 1.67 bits per heavy atom. The van der Waals surface area contributed by atoms with E-state index in [4.69, 9.17) is 4.74 Å². The summed E-state index contributed by atoms with van der Waals surface area (Å²) in [4.78, 5) is 17.5. The smallest absolute Gasteiger partial charge is 0.497 e. The summed E-state index contributed by atoms with van der Waals surface area (Å²) < 4.78 is 50.9. The molecular weight excluding hydrogens is 569 g/mol. The Hall–Kier alpha value is -4.23. The van der Waals surface area contributed by atoms with E-state index in [0.29, 0.717) is 31.1 Å². The average Bonchev–Trinajstić information content (AvgIpc) is 3.46. The number of methoxy groups -OCH3 is 1. The van der Waals surface area contributed by atoms with Gasteiger partial charge in [0.2, 0.25) is 0 Å². The van der Waals surface area contributed by atoms with E-state index in [1.165, 1.54) is 47.2 Å². The minimum absolute atomic E-state index is 0.207. The normalized spacial score (nSPS) is 11.3. The summed E-state index contributed by atoms with van der Waals surface area (Å²) in [6, 6.07) is 18.8. The first-order chi connectivity index (χ1) is 20.2. The minimum atomic E-state index is -4.74. The molecule has 4 aromatic rings. The molecule has 0 atom stereocenters. The van der Waals surface area contributed by atoms with Crippen molar-refractivity contribution in [3.63, 3.8) is 0 Å². The highest BCUT2D eigenvalue weighted by Crippen LogP contribution is 2.25. The van der Waals surface area contributed by atoms with E-state index in [0.717, 1.165) is 40.2 Å². The molecule has 222 valence electrons. The third-order valence-electron chi connectivity index (χ3n) is 6.04. The quantitative estimate of drug-likeness (QED) is 0.134. The Labute approximate surface area is 246 Å². The lowest BCUT2D eigenvalue weighted by molar-refractivity contribution is -0.274. The molecule has 0 unspecified atom stereocenters. The predicted octanol–water partition coefficient (Wildman–Crippen LogP) is 5.68. The van der Waals surface area contributed by atoms with E-state index in [1.54, 1.807) is 7.11 Å². The molecule has 0 fully saturated rings. The number of nitrogens with zero attached hydrogens (tertiary/aromatic N) is 3. The van der Waals surface area contributed by atoms with Gasteiger partial charge >= 0.3 is 12.4 Å². The van der Waals surface area contributed by atoms with Crippen molar-refractivity contribution in [2.75, 3.05) is 26.7 Å². The van der Waals surface area contributed by atoms with Gasteiger partial charge in [-0.2, -0.15) is 0 Å². The highest BCUT2D eigenvalue weighted by atomic mass is 32.2. The number of urea groups is 1. The van der Waals surface area contributed by atoms with Crippen LogP contribution < -0.4 is 24.8 Å². The van der Waals surface area contributed by atoms with Crippen molar-refractivity contribution in [2.24, 2.45) is 0 Å². The van der Waals surface area contributed by atoms with Gasteiger partial charge in [-0.25, -0.2) is 14.5 Å². The maximum absolute atomic E-state index is 12.4. The van der Waals surface area contributed by atoms with Gasteiger partial charge in [-0.1, -0.05) is 24.3 Å². The van der Waals surface area contributed by atoms with Crippen molar-refractivity contribution in [1.82, 2.24) is 30.1 Å². The zero-order chi connectivity index (χ0) is 30.0. The number of halogens is 3. The first kappa shape index (κ1) is 30.7. The molecule has 13 heteroatoms. The number of carbonyl (C=O) groups excluding carboxylic acids is 1. The Bertz CT molecular complexity index is 1450. The number of hydrogen-bond acceptors (Lipinski definition) is 7. The second kappa shape index (κ2) is 14.6.